The van der Waals surface area contributed by atoms with Crippen molar-refractivity contribution in [3.05, 3.63) is 55.9 Å². The summed E-state index contributed by atoms with van der Waals surface area (Å²) in [4.78, 5) is 31.7. The Bertz CT molecular complexity index is 1130. The second-order valence-corrected chi connectivity index (χ2v) is 9.41. The number of fused-ring (bicyclic) bond motifs is 1. The van der Waals surface area contributed by atoms with Gasteiger partial charge in [-0.15, -0.1) is 11.3 Å². The molecule has 0 aliphatic heterocycles. The van der Waals surface area contributed by atoms with Crippen LogP contribution in [0.1, 0.15) is 70.1 Å². The first-order valence-corrected chi connectivity index (χ1v) is 11.1. The maximum absolute atomic E-state index is 13.1. The molecule has 2 aromatic heterocycles. The van der Waals surface area contributed by atoms with Gasteiger partial charge in [0, 0.05) is 16.6 Å². The van der Waals surface area contributed by atoms with Crippen molar-refractivity contribution < 1.29 is 4.79 Å². The molecule has 6 heteroatoms. The van der Waals surface area contributed by atoms with E-state index < -0.39 is 0 Å². The molecule has 152 valence electrons. The molecule has 1 aromatic carbocycles. The number of benzene rings is 1. The summed E-state index contributed by atoms with van der Waals surface area (Å²) in [5, 5.41) is 3.06. The number of nitrogens with one attached hydrogen (secondary N) is 1. The molecule has 1 aliphatic rings. The second-order valence-electron chi connectivity index (χ2n) is 8.19. The number of aromatic nitrogens is 2. The lowest BCUT2D eigenvalue weighted by Gasteiger charge is -2.23. The Morgan fingerprint density at radius 2 is 1.76 bits per heavy atom. The number of rotatable bonds is 3. The molecule has 1 aliphatic carbocycles. The van der Waals surface area contributed by atoms with Crippen molar-refractivity contribution in [3.63, 3.8) is 0 Å². The number of hydrogen-bond donors (Lipinski definition) is 1. The highest BCUT2D eigenvalue weighted by atomic mass is 32.1. The quantitative estimate of drug-likeness (QED) is 0.626. The molecule has 0 spiro atoms. The molecule has 1 fully saturated rings. The Kier molecular flexibility index (Phi) is 5.30. The van der Waals surface area contributed by atoms with E-state index in [1.54, 1.807) is 10.9 Å². The van der Waals surface area contributed by atoms with Crippen molar-refractivity contribution in [2.75, 3.05) is 5.32 Å². The molecule has 5 nitrogen and oxygen atoms in total. The molecule has 0 bridgehead atoms. The molecule has 1 N–H and O–H groups in total. The van der Waals surface area contributed by atoms with Gasteiger partial charge in [0.05, 0.1) is 11.9 Å². The summed E-state index contributed by atoms with van der Waals surface area (Å²) in [6, 6.07) is 4.34. The van der Waals surface area contributed by atoms with Crippen molar-refractivity contribution in [3.8, 4) is 0 Å². The maximum atomic E-state index is 13.1. The van der Waals surface area contributed by atoms with Crippen LogP contribution < -0.4 is 10.9 Å². The fraction of sp³-hybridized carbons (Fsp3) is 0.435. The van der Waals surface area contributed by atoms with Crippen LogP contribution in [0.25, 0.3) is 10.2 Å². The van der Waals surface area contributed by atoms with Gasteiger partial charge in [-0.05, 0) is 51.7 Å². The SMILES string of the molecule is Cc1cc(C)c(NC(=O)c2c(C)sc3c(=O)n(C4CCCCC4)cnc23)c(C)c1. The summed E-state index contributed by atoms with van der Waals surface area (Å²) < 4.78 is 2.37. The zero-order valence-electron chi connectivity index (χ0n) is 17.5. The largest absolute Gasteiger partial charge is 0.321 e. The third-order valence-electron chi connectivity index (χ3n) is 5.91. The van der Waals surface area contributed by atoms with E-state index in [-0.39, 0.29) is 17.5 Å². The number of anilines is 1. The zero-order valence-corrected chi connectivity index (χ0v) is 18.3. The Morgan fingerprint density at radius 3 is 2.41 bits per heavy atom. The number of hydrogen-bond acceptors (Lipinski definition) is 4. The smallest absolute Gasteiger partial charge is 0.271 e. The summed E-state index contributed by atoms with van der Waals surface area (Å²) in [6.07, 6.45) is 7.24. The molecule has 29 heavy (non-hydrogen) atoms. The number of aryl methyl sites for hydroxylation is 4. The van der Waals surface area contributed by atoms with Gasteiger partial charge in [-0.1, -0.05) is 37.0 Å². The molecule has 0 unspecified atom stereocenters. The molecule has 1 amide bonds. The normalized spacial score (nSPS) is 15.0. The molecule has 0 saturated heterocycles. The van der Waals surface area contributed by atoms with Gasteiger partial charge in [0.1, 0.15) is 10.2 Å². The predicted octanol–water partition coefficient (Wildman–Crippen LogP) is 5.45. The number of amides is 1. The van der Waals surface area contributed by atoms with E-state index in [1.165, 1.54) is 23.3 Å². The third kappa shape index (κ3) is 3.62. The Balaban J connectivity index is 1.73. The van der Waals surface area contributed by atoms with Crippen LogP contribution in [0.4, 0.5) is 5.69 Å². The van der Waals surface area contributed by atoms with Gasteiger partial charge in [-0.25, -0.2) is 4.98 Å². The highest BCUT2D eigenvalue weighted by Gasteiger charge is 2.24. The average molecular weight is 410 g/mol. The first-order valence-electron chi connectivity index (χ1n) is 10.3. The first kappa shape index (κ1) is 19.8. The summed E-state index contributed by atoms with van der Waals surface area (Å²) >= 11 is 1.38. The number of carbonyl (C=O) groups is 1. The van der Waals surface area contributed by atoms with Crippen molar-refractivity contribution in [2.45, 2.75) is 65.8 Å². The van der Waals surface area contributed by atoms with Crippen LogP contribution >= 0.6 is 11.3 Å². The lowest BCUT2D eigenvalue weighted by atomic mass is 9.95. The van der Waals surface area contributed by atoms with E-state index in [1.807, 2.05) is 27.7 Å². The van der Waals surface area contributed by atoms with Crippen molar-refractivity contribution >= 4 is 33.1 Å². The van der Waals surface area contributed by atoms with Crippen LogP contribution in [-0.2, 0) is 0 Å². The minimum absolute atomic E-state index is 0.0169. The second kappa shape index (κ2) is 7.75. The van der Waals surface area contributed by atoms with Crippen molar-refractivity contribution in [1.82, 2.24) is 9.55 Å². The molecule has 3 aromatic rings. The van der Waals surface area contributed by atoms with Crippen LogP contribution in [0.5, 0.6) is 0 Å². The van der Waals surface area contributed by atoms with Gasteiger partial charge in [0.2, 0.25) is 0 Å². The topological polar surface area (TPSA) is 64.0 Å². The third-order valence-corrected chi connectivity index (χ3v) is 6.99. The monoisotopic (exact) mass is 409 g/mol. The fourth-order valence-corrected chi connectivity index (χ4v) is 5.57. The van der Waals surface area contributed by atoms with Gasteiger partial charge in [-0.3, -0.25) is 14.2 Å². The minimum Gasteiger partial charge on any atom is -0.321 e. The predicted molar refractivity (Wildman–Crippen MR) is 119 cm³/mol. The number of carbonyl (C=O) groups excluding carboxylic acids is 1. The highest BCUT2D eigenvalue weighted by molar-refractivity contribution is 7.19. The average Bonchev–Trinajstić information content (AvgIpc) is 3.02. The fourth-order valence-electron chi connectivity index (χ4n) is 4.53. The van der Waals surface area contributed by atoms with Gasteiger partial charge >= 0.3 is 0 Å². The Hall–Kier alpha value is -2.47. The van der Waals surface area contributed by atoms with E-state index >= 15 is 0 Å². The first-order chi connectivity index (χ1) is 13.9. The molecule has 2 heterocycles. The standard InChI is InChI=1S/C23H27N3O2S/c1-13-10-14(2)19(15(3)11-13)25-22(27)18-16(4)29-21-20(18)24-12-26(23(21)28)17-8-6-5-7-9-17/h10-12,17H,5-9H2,1-4H3,(H,25,27). The number of nitrogens with zero attached hydrogens (tertiary/aromatic N) is 2. The lowest BCUT2D eigenvalue weighted by Crippen LogP contribution is -2.26. The Morgan fingerprint density at radius 1 is 1.10 bits per heavy atom. The highest BCUT2D eigenvalue weighted by Crippen LogP contribution is 2.31. The summed E-state index contributed by atoms with van der Waals surface area (Å²) in [5.74, 6) is -0.203. The molecule has 4 rings (SSSR count). The summed E-state index contributed by atoms with van der Waals surface area (Å²) in [7, 11) is 0. The van der Waals surface area contributed by atoms with Crippen molar-refractivity contribution in [2.24, 2.45) is 0 Å². The minimum atomic E-state index is -0.203. The summed E-state index contributed by atoms with van der Waals surface area (Å²) in [5.41, 5.74) is 5.06. The molecular weight excluding hydrogens is 382 g/mol. The molecular formula is C23H27N3O2S. The number of thiophene rings is 1. The zero-order chi connectivity index (χ0) is 20.7. The van der Waals surface area contributed by atoms with Gasteiger partial charge in [0.15, 0.2) is 0 Å². The summed E-state index contributed by atoms with van der Waals surface area (Å²) in [6.45, 7) is 7.93. The van der Waals surface area contributed by atoms with Crippen molar-refractivity contribution in [1.29, 1.82) is 0 Å². The van der Waals surface area contributed by atoms with Crippen LogP contribution in [-0.4, -0.2) is 15.5 Å². The Labute approximate surface area is 174 Å². The van der Waals surface area contributed by atoms with Gasteiger partial charge in [-0.2, -0.15) is 0 Å². The van der Waals surface area contributed by atoms with Crippen LogP contribution in [0.15, 0.2) is 23.3 Å². The van der Waals surface area contributed by atoms with Crippen LogP contribution in [0.3, 0.4) is 0 Å². The molecule has 0 atom stereocenters. The van der Waals surface area contributed by atoms with E-state index in [0.717, 1.165) is 47.4 Å². The van der Waals surface area contributed by atoms with Crippen LogP contribution in [0.2, 0.25) is 0 Å². The van der Waals surface area contributed by atoms with Crippen LogP contribution in [0, 0.1) is 27.7 Å². The molecule has 1 saturated carbocycles. The van der Waals surface area contributed by atoms with E-state index in [9.17, 15) is 9.59 Å². The van der Waals surface area contributed by atoms with Gasteiger partial charge in [0.25, 0.3) is 11.5 Å². The van der Waals surface area contributed by atoms with E-state index in [2.05, 4.69) is 22.4 Å². The van der Waals surface area contributed by atoms with E-state index in [0.29, 0.717) is 15.8 Å². The van der Waals surface area contributed by atoms with E-state index in [4.69, 9.17) is 0 Å². The maximum Gasteiger partial charge on any atom is 0.271 e. The molecule has 0 radical (unpaired) electrons. The van der Waals surface area contributed by atoms with Gasteiger partial charge < -0.3 is 5.32 Å². The lowest BCUT2D eigenvalue weighted by molar-refractivity contribution is 0.102.